The number of halogens is 1. The summed E-state index contributed by atoms with van der Waals surface area (Å²) in [6.45, 7) is 7.44. The fourth-order valence-electron chi connectivity index (χ4n) is 3.61. The third kappa shape index (κ3) is 8.23. The van der Waals surface area contributed by atoms with Crippen LogP contribution in [0.4, 0.5) is 11.4 Å². The van der Waals surface area contributed by atoms with E-state index in [4.69, 9.17) is 9.47 Å². The van der Waals surface area contributed by atoms with Crippen molar-refractivity contribution in [1.82, 2.24) is 0 Å². The lowest BCUT2D eigenvalue weighted by Crippen LogP contribution is -2.22. The number of esters is 1. The molecular formula is C28H29BrN2O5. The summed E-state index contributed by atoms with van der Waals surface area (Å²) in [6.07, 6.45) is -0.199. The van der Waals surface area contributed by atoms with E-state index in [1.165, 1.54) is 0 Å². The highest BCUT2D eigenvalue weighted by Gasteiger charge is 2.12. The second-order valence-corrected chi connectivity index (χ2v) is 9.42. The van der Waals surface area contributed by atoms with Gasteiger partial charge in [0.1, 0.15) is 11.5 Å². The Bertz CT molecular complexity index is 1230. The van der Waals surface area contributed by atoms with Gasteiger partial charge in [-0.15, -0.1) is 0 Å². The van der Waals surface area contributed by atoms with Gasteiger partial charge < -0.3 is 20.1 Å². The first-order chi connectivity index (χ1) is 17.1. The molecule has 36 heavy (non-hydrogen) atoms. The van der Waals surface area contributed by atoms with Crippen LogP contribution in [-0.2, 0) is 19.1 Å². The molecule has 0 aromatic heterocycles. The van der Waals surface area contributed by atoms with Crippen LogP contribution in [0.1, 0.15) is 35.1 Å². The number of benzene rings is 3. The van der Waals surface area contributed by atoms with Gasteiger partial charge in [-0.05, 0) is 98.5 Å². The molecular weight excluding hydrogens is 524 g/mol. The molecule has 3 aromatic carbocycles. The van der Waals surface area contributed by atoms with Crippen LogP contribution >= 0.6 is 15.9 Å². The molecule has 0 radical (unpaired) electrons. The van der Waals surface area contributed by atoms with Gasteiger partial charge in [-0.2, -0.15) is 0 Å². The molecule has 0 heterocycles. The van der Waals surface area contributed by atoms with Gasteiger partial charge in [-0.25, -0.2) is 0 Å². The largest absolute Gasteiger partial charge is 0.457 e. The van der Waals surface area contributed by atoms with Crippen molar-refractivity contribution in [2.45, 2.75) is 40.5 Å². The molecule has 2 amide bonds. The Morgan fingerprint density at radius 1 is 0.722 bits per heavy atom. The zero-order chi connectivity index (χ0) is 26.2. The Morgan fingerprint density at radius 2 is 1.31 bits per heavy atom. The molecule has 0 saturated heterocycles. The maximum absolute atomic E-state index is 12.2. The van der Waals surface area contributed by atoms with E-state index < -0.39 is 18.5 Å². The van der Waals surface area contributed by atoms with Crippen molar-refractivity contribution < 1.29 is 23.9 Å². The second-order valence-electron chi connectivity index (χ2n) is 8.63. The van der Waals surface area contributed by atoms with Gasteiger partial charge in [0.05, 0.1) is 6.42 Å². The van der Waals surface area contributed by atoms with E-state index in [-0.39, 0.29) is 18.7 Å². The first-order valence-corrected chi connectivity index (χ1v) is 12.3. The monoisotopic (exact) mass is 552 g/mol. The lowest BCUT2D eigenvalue weighted by molar-refractivity contribution is -0.147. The molecule has 0 aliphatic rings. The SMILES string of the molecule is Cc1cc(C)cc(Oc2ccc(NC(=O)CCC(=O)OCC(=O)Nc3cc(C)c(Br)c(C)c3)cc2)c1. The van der Waals surface area contributed by atoms with E-state index in [0.717, 1.165) is 32.5 Å². The number of anilines is 2. The topological polar surface area (TPSA) is 93.7 Å². The first kappa shape index (κ1) is 26.9. The highest BCUT2D eigenvalue weighted by atomic mass is 79.9. The van der Waals surface area contributed by atoms with Crippen molar-refractivity contribution in [3.05, 3.63) is 81.3 Å². The molecule has 0 atom stereocenters. The van der Waals surface area contributed by atoms with E-state index in [1.807, 2.05) is 52.0 Å². The van der Waals surface area contributed by atoms with E-state index in [1.54, 1.807) is 24.3 Å². The van der Waals surface area contributed by atoms with Gasteiger partial charge >= 0.3 is 5.97 Å². The Hall–Kier alpha value is -3.65. The standard InChI is InChI=1S/C28H29BrN2O5/c1-17-11-18(2)13-24(12-17)36-23-7-5-21(6-8-23)30-25(32)9-10-27(34)35-16-26(33)31-22-14-19(3)28(29)20(4)15-22/h5-8,11-15H,9-10,16H2,1-4H3,(H,30,32)(H,31,33). The number of hydrogen-bond acceptors (Lipinski definition) is 5. The summed E-state index contributed by atoms with van der Waals surface area (Å²) < 4.78 is 11.8. The van der Waals surface area contributed by atoms with Gasteiger partial charge in [-0.3, -0.25) is 14.4 Å². The average molecular weight is 553 g/mol. The molecule has 0 bridgehead atoms. The number of nitrogens with one attached hydrogen (secondary N) is 2. The molecule has 2 N–H and O–H groups in total. The number of hydrogen-bond donors (Lipinski definition) is 2. The van der Waals surface area contributed by atoms with Crippen molar-refractivity contribution in [1.29, 1.82) is 0 Å². The molecule has 0 fully saturated rings. The summed E-state index contributed by atoms with van der Waals surface area (Å²) in [4.78, 5) is 36.3. The number of rotatable bonds is 9. The van der Waals surface area contributed by atoms with Crippen molar-refractivity contribution in [2.24, 2.45) is 0 Å². The molecule has 8 heteroatoms. The van der Waals surface area contributed by atoms with Crippen molar-refractivity contribution in [3.63, 3.8) is 0 Å². The maximum Gasteiger partial charge on any atom is 0.306 e. The average Bonchev–Trinajstić information content (AvgIpc) is 2.80. The summed E-state index contributed by atoms with van der Waals surface area (Å²) in [6, 6.07) is 16.6. The Balaban J connectivity index is 1.39. The molecule has 3 rings (SSSR count). The second kappa shape index (κ2) is 12.4. The summed E-state index contributed by atoms with van der Waals surface area (Å²) >= 11 is 3.48. The zero-order valence-electron chi connectivity index (χ0n) is 20.7. The molecule has 3 aromatic rings. The van der Waals surface area contributed by atoms with Gasteiger partial charge in [0.2, 0.25) is 5.91 Å². The predicted octanol–water partition coefficient (Wildman–Crippen LogP) is 6.38. The summed E-state index contributed by atoms with van der Waals surface area (Å²) in [5.74, 6) is -0.00947. The van der Waals surface area contributed by atoms with Gasteiger partial charge in [0, 0.05) is 22.3 Å². The maximum atomic E-state index is 12.2. The van der Waals surface area contributed by atoms with Crippen LogP contribution in [0.25, 0.3) is 0 Å². The summed E-state index contributed by atoms with van der Waals surface area (Å²) in [5.41, 5.74) is 5.40. The van der Waals surface area contributed by atoms with Crippen LogP contribution in [-0.4, -0.2) is 24.4 Å². The third-order valence-corrected chi connectivity index (χ3v) is 6.46. The van der Waals surface area contributed by atoms with Crippen molar-refractivity contribution in [2.75, 3.05) is 17.2 Å². The predicted molar refractivity (Wildman–Crippen MR) is 144 cm³/mol. The van der Waals surface area contributed by atoms with E-state index >= 15 is 0 Å². The van der Waals surface area contributed by atoms with E-state index in [2.05, 4.69) is 32.6 Å². The molecule has 7 nitrogen and oxygen atoms in total. The minimum atomic E-state index is -0.624. The minimum absolute atomic E-state index is 0.0631. The number of ether oxygens (including phenoxy) is 2. The molecule has 0 aliphatic heterocycles. The van der Waals surface area contributed by atoms with Gasteiger partial charge in [-0.1, -0.05) is 22.0 Å². The molecule has 0 aliphatic carbocycles. The zero-order valence-corrected chi connectivity index (χ0v) is 22.3. The number of amides is 2. The lowest BCUT2D eigenvalue weighted by Gasteiger charge is -2.10. The summed E-state index contributed by atoms with van der Waals surface area (Å²) in [5, 5.41) is 5.44. The van der Waals surface area contributed by atoms with Crippen LogP contribution in [0.15, 0.2) is 59.1 Å². The fraction of sp³-hybridized carbons (Fsp3) is 0.250. The van der Waals surface area contributed by atoms with E-state index in [9.17, 15) is 14.4 Å². The smallest absolute Gasteiger partial charge is 0.306 e. The first-order valence-electron chi connectivity index (χ1n) is 11.5. The Kier molecular flexibility index (Phi) is 9.25. The normalized spacial score (nSPS) is 10.5. The highest BCUT2D eigenvalue weighted by Crippen LogP contribution is 2.26. The van der Waals surface area contributed by atoms with Crippen LogP contribution in [0.2, 0.25) is 0 Å². The lowest BCUT2D eigenvalue weighted by atomic mass is 10.1. The van der Waals surface area contributed by atoms with Crippen molar-refractivity contribution >= 4 is 45.1 Å². The van der Waals surface area contributed by atoms with Crippen LogP contribution in [0.5, 0.6) is 11.5 Å². The molecule has 0 saturated carbocycles. The number of aryl methyl sites for hydroxylation is 4. The number of carbonyl (C=O) groups is 3. The van der Waals surface area contributed by atoms with Gasteiger partial charge in [0.25, 0.3) is 5.91 Å². The molecule has 188 valence electrons. The summed E-state index contributed by atoms with van der Waals surface area (Å²) in [7, 11) is 0. The van der Waals surface area contributed by atoms with Crippen LogP contribution in [0.3, 0.4) is 0 Å². The molecule has 0 unspecified atom stereocenters. The van der Waals surface area contributed by atoms with Crippen LogP contribution < -0.4 is 15.4 Å². The number of carbonyl (C=O) groups excluding carboxylic acids is 3. The highest BCUT2D eigenvalue weighted by molar-refractivity contribution is 9.10. The van der Waals surface area contributed by atoms with Crippen molar-refractivity contribution in [3.8, 4) is 11.5 Å². The third-order valence-electron chi connectivity index (χ3n) is 5.21. The fourth-order valence-corrected chi connectivity index (χ4v) is 3.84. The Morgan fingerprint density at radius 3 is 1.92 bits per heavy atom. The molecule has 0 spiro atoms. The quantitative estimate of drug-likeness (QED) is 0.300. The van der Waals surface area contributed by atoms with E-state index in [0.29, 0.717) is 17.1 Å². The van der Waals surface area contributed by atoms with Crippen LogP contribution in [0, 0.1) is 27.7 Å². The Labute approximate surface area is 219 Å². The minimum Gasteiger partial charge on any atom is -0.457 e. The van der Waals surface area contributed by atoms with Gasteiger partial charge in [0.15, 0.2) is 6.61 Å².